The van der Waals surface area contributed by atoms with E-state index < -0.39 is 49.5 Å². The molecule has 0 bridgehead atoms. The standard InChI is InChI=1S/C26H42O8/c1-12(2)15-7-8-26(4)9-17-14(10-27)5-6-16(17)13(3)20(29)24(19(15)26)34-25-23(32)22(31)21(30)18(11-28)33-25/h9,12-14,16,18,20-25,27-32H,5-8,10-11H2,1-4H3/t13-,14+,16+,18-,20-,21-,22?,23?,24-,25?,26-/m1/s1. The third kappa shape index (κ3) is 4.30. The normalized spacial score (nSPS) is 47.3. The van der Waals surface area contributed by atoms with Gasteiger partial charge >= 0.3 is 0 Å². The minimum Gasteiger partial charge on any atom is -0.396 e. The summed E-state index contributed by atoms with van der Waals surface area (Å²) in [5.74, 6) is 0.285. The van der Waals surface area contributed by atoms with Crippen LogP contribution in [-0.2, 0) is 9.47 Å². The van der Waals surface area contributed by atoms with Gasteiger partial charge in [-0.3, -0.25) is 0 Å². The van der Waals surface area contributed by atoms with Crippen molar-refractivity contribution in [2.24, 2.45) is 29.1 Å². The lowest BCUT2D eigenvalue weighted by molar-refractivity contribution is -0.315. The zero-order valence-electron chi connectivity index (χ0n) is 20.7. The van der Waals surface area contributed by atoms with E-state index >= 15 is 0 Å². The molecule has 4 aliphatic rings. The minimum atomic E-state index is -1.54. The number of rotatable bonds is 5. The Morgan fingerprint density at radius 2 is 1.74 bits per heavy atom. The van der Waals surface area contributed by atoms with Crippen LogP contribution in [0.1, 0.15) is 53.4 Å². The Bertz CT molecular complexity index is 807. The van der Waals surface area contributed by atoms with Crippen LogP contribution in [0.3, 0.4) is 0 Å². The van der Waals surface area contributed by atoms with Gasteiger partial charge < -0.3 is 40.1 Å². The lowest BCUT2D eigenvalue weighted by Gasteiger charge is -2.45. The molecular formula is C26H42O8. The topological polar surface area (TPSA) is 140 Å². The van der Waals surface area contributed by atoms with Gasteiger partial charge in [-0.2, -0.15) is 0 Å². The van der Waals surface area contributed by atoms with E-state index in [0.717, 1.165) is 31.3 Å². The molecule has 0 spiro atoms. The number of ether oxygens (including phenoxy) is 2. The molecule has 0 amide bonds. The van der Waals surface area contributed by atoms with Gasteiger partial charge in [0.25, 0.3) is 0 Å². The highest BCUT2D eigenvalue weighted by Crippen LogP contribution is 2.55. The first-order valence-corrected chi connectivity index (χ1v) is 12.7. The molecule has 194 valence electrons. The molecule has 0 aromatic heterocycles. The van der Waals surface area contributed by atoms with Gasteiger partial charge in [0.1, 0.15) is 30.5 Å². The van der Waals surface area contributed by atoms with Crippen molar-refractivity contribution >= 4 is 0 Å². The van der Waals surface area contributed by atoms with E-state index in [1.807, 2.05) is 6.92 Å². The Kier molecular flexibility index (Phi) is 7.64. The van der Waals surface area contributed by atoms with E-state index in [-0.39, 0.29) is 35.7 Å². The van der Waals surface area contributed by atoms with Crippen molar-refractivity contribution in [1.82, 2.24) is 0 Å². The molecule has 1 saturated carbocycles. The van der Waals surface area contributed by atoms with Crippen LogP contribution >= 0.6 is 0 Å². The highest BCUT2D eigenvalue weighted by Gasteiger charge is 2.52. The summed E-state index contributed by atoms with van der Waals surface area (Å²) in [5.41, 5.74) is 3.03. The predicted molar refractivity (Wildman–Crippen MR) is 124 cm³/mol. The fraction of sp³-hybridized carbons (Fsp3) is 0.846. The SMILES string of the molecule is CC(C)C1=C2[C@@H](OC3O[C@H](CO)[C@@H](O)C(O)C3O)[C@H](O)[C@H](C)[C@@H]3CC[C@@H](CO)C3=C[C@@]2(C)CC1. The number of aliphatic hydroxyl groups is 6. The number of fused-ring (bicyclic) bond motifs is 2. The Morgan fingerprint density at radius 3 is 2.35 bits per heavy atom. The summed E-state index contributed by atoms with van der Waals surface area (Å²) in [6.07, 6.45) is -2.83. The average molecular weight is 483 g/mol. The molecule has 8 heteroatoms. The monoisotopic (exact) mass is 482 g/mol. The average Bonchev–Trinajstić information content (AvgIpc) is 3.36. The van der Waals surface area contributed by atoms with Crippen LogP contribution in [0.25, 0.3) is 0 Å². The summed E-state index contributed by atoms with van der Waals surface area (Å²) in [7, 11) is 0. The smallest absolute Gasteiger partial charge is 0.187 e. The number of hydrogen-bond donors (Lipinski definition) is 6. The number of hydrogen-bond acceptors (Lipinski definition) is 8. The second kappa shape index (κ2) is 9.90. The van der Waals surface area contributed by atoms with Crippen LogP contribution in [0.4, 0.5) is 0 Å². The van der Waals surface area contributed by atoms with Crippen LogP contribution in [0, 0.1) is 29.1 Å². The molecule has 1 aliphatic heterocycles. The molecule has 11 atom stereocenters. The van der Waals surface area contributed by atoms with Gasteiger partial charge in [-0.25, -0.2) is 0 Å². The molecule has 1 heterocycles. The van der Waals surface area contributed by atoms with Gasteiger partial charge in [0, 0.05) is 17.9 Å². The number of allylic oxidation sites excluding steroid dienone is 2. The fourth-order valence-electron chi connectivity index (χ4n) is 6.82. The van der Waals surface area contributed by atoms with Crippen molar-refractivity contribution < 1.29 is 40.1 Å². The maximum Gasteiger partial charge on any atom is 0.187 e. The first-order valence-electron chi connectivity index (χ1n) is 12.7. The largest absolute Gasteiger partial charge is 0.396 e. The number of aliphatic hydroxyl groups excluding tert-OH is 6. The van der Waals surface area contributed by atoms with Gasteiger partial charge in [0.05, 0.1) is 12.7 Å². The summed E-state index contributed by atoms with van der Waals surface area (Å²) >= 11 is 0. The maximum atomic E-state index is 11.7. The molecule has 3 aliphatic carbocycles. The highest BCUT2D eigenvalue weighted by molar-refractivity contribution is 5.41. The third-order valence-electron chi connectivity index (χ3n) is 8.90. The van der Waals surface area contributed by atoms with E-state index in [9.17, 15) is 30.6 Å². The molecule has 8 nitrogen and oxygen atoms in total. The van der Waals surface area contributed by atoms with Crippen molar-refractivity contribution in [1.29, 1.82) is 0 Å². The van der Waals surface area contributed by atoms with E-state index in [0.29, 0.717) is 0 Å². The summed E-state index contributed by atoms with van der Waals surface area (Å²) < 4.78 is 12.0. The van der Waals surface area contributed by atoms with Crippen molar-refractivity contribution in [3.05, 3.63) is 22.8 Å². The highest BCUT2D eigenvalue weighted by atomic mass is 16.7. The molecule has 6 N–H and O–H groups in total. The van der Waals surface area contributed by atoms with Gasteiger partial charge in [-0.05, 0) is 49.0 Å². The summed E-state index contributed by atoms with van der Waals surface area (Å²) in [4.78, 5) is 0. The summed E-state index contributed by atoms with van der Waals surface area (Å²) in [6, 6.07) is 0. The van der Waals surface area contributed by atoms with Gasteiger partial charge in [0.15, 0.2) is 6.29 Å². The van der Waals surface area contributed by atoms with Crippen LogP contribution in [0.5, 0.6) is 0 Å². The van der Waals surface area contributed by atoms with Gasteiger partial charge in [0.2, 0.25) is 0 Å². The van der Waals surface area contributed by atoms with Crippen molar-refractivity contribution in [2.75, 3.05) is 13.2 Å². The van der Waals surface area contributed by atoms with E-state index in [1.165, 1.54) is 11.1 Å². The second-order valence-electron chi connectivity index (χ2n) is 11.3. The van der Waals surface area contributed by atoms with Crippen molar-refractivity contribution in [2.45, 2.75) is 96.3 Å². The van der Waals surface area contributed by atoms with Gasteiger partial charge in [-0.15, -0.1) is 0 Å². The predicted octanol–water partition coefficient (Wildman–Crippen LogP) is 0.880. The Morgan fingerprint density at radius 1 is 1.03 bits per heavy atom. The molecule has 1 saturated heterocycles. The third-order valence-corrected chi connectivity index (χ3v) is 8.90. The molecule has 4 rings (SSSR count). The van der Waals surface area contributed by atoms with E-state index in [1.54, 1.807) is 0 Å². The van der Waals surface area contributed by atoms with Crippen molar-refractivity contribution in [3.63, 3.8) is 0 Å². The minimum absolute atomic E-state index is 0.0993. The second-order valence-corrected chi connectivity index (χ2v) is 11.3. The Labute approximate surface area is 201 Å². The molecule has 2 fully saturated rings. The molecular weight excluding hydrogens is 440 g/mol. The van der Waals surface area contributed by atoms with Crippen LogP contribution < -0.4 is 0 Å². The van der Waals surface area contributed by atoms with E-state index in [4.69, 9.17) is 9.47 Å². The van der Waals surface area contributed by atoms with Crippen LogP contribution in [0.15, 0.2) is 22.8 Å². The molecule has 0 radical (unpaired) electrons. The Balaban J connectivity index is 1.78. The van der Waals surface area contributed by atoms with E-state index in [2.05, 4.69) is 26.8 Å². The van der Waals surface area contributed by atoms with Crippen molar-refractivity contribution in [3.8, 4) is 0 Å². The fourth-order valence-corrected chi connectivity index (χ4v) is 6.82. The molecule has 0 aromatic rings. The summed E-state index contributed by atoms with van der Waals surface area (Å²) in [5, 5.41) is 62.5. The molecule has 0 aromatic carbocycles. The first kappa shape index (κ1) is 26.2. The maximum absolute atomic E-state index is 11.7. The summed E-state index contributed by atoms with van der Waals surface area (Å²) in [6.45, 7) is 7.96. The van der Waals surface area contributed by atoms with Crippen LogP contribution in [0.2, 0.25) is 0 Å². The lowest BCUT2D eigenvalue weighted by Crippen LogP contribution is -2.60. The lowest BCUT2D eigenvalue weighted by atomic mass is 9.68. The van der Waals surface area contributed by atoms with Crippen LogP contribution in [-0.4, -0.2) is 86.8 Å². The molecule has 34 heavy (non-hydrogen) atoms. The van der Waals surface area contributed by atoms with Gasteiger partial charge in [-0.1, -0.05) is 44.9 Å². The zero-order chi connectivity index (χ0) is 24.9. The molecule has 3 unspecified atom stereocenters. The zero-order valence-corrected chi connectivity index (χ0v) is 20.7. The first-order chi connectivity index (χ1) is 16.0. The quantitative estimate of drug-likeness (QED) is 0.318. The Hall–Kier alpha value is -0.840.